The molecule has 1 aliphatic rings. The Balaban J connectivity index is 3.18. The van der Waals surface area contributed by atoms with Gasteiger partial charge in [0.15, 0.2) is 0 Å². The van der Waals surface area contributed by atoms with Crippen LogP contribution in [-0.2, 0) is 14.3 Å². The average molecular weight is 347 g/mol. The Morgan fingerprint density at radius 1 is 1.38 bits per heavy atom. The van der Waals surface area contributed by atoms with E-state index in [0.717, 1.165) is 4.90 Å². The van der Waals surface area contributed by atoms with Gasteiger partial charge in [-0.25, -0.2) is 9.59 Å². The molecule has 9 heteroatoms. The summed E-state index contributed by atoms with van der Waals surface area (Å²) in [5, 5.41) is 0. The maximum absolute atomic E-state index is 14.2. The highest BCUT2D eigenvalue weighted by Gasteiger charge is 2.45. The van der Waals surface area contributed by atoms with E-state index in [9.17, 15) is 18.4 Å². The lowest BCUT2D eigenvalue weighted by atomic mass is 9.99. The Morgan fingerprint density at radius 3 is 2.42 bits per heavy atom. The van der Waals surface area contributed by atoms with E-state index in [1.165, 1.54) is 7.05 Å². The first-order valence-electron chi connectivity index (χ1n) is 7.42. The number of ether oxygens (including phenoxy) is 2. The molecule has 136 valence electrons. The Kier molecular flexibility index (Phi) is 5.91. The SMILES string of the molecule is CCOC(=O)C(=NC)C1=C(N)C(F)(F)CN(C(=O)OC(C)(C)C)C1. The van der Waals surface area contributed by atoms with Crippen LogP contribution in [0.5, 0.6) is 0 Å². The molecule has 1 aliphatic heterocycles. The second-order valence-electron chi connectivity index (χ2n) is 6.23. The van der Waals surface area contributed by atoms with Crippen molar-refractivity contribution in [2.75, 3.05) is 26.7 Å². The number of carbonyl (C=O) groups excluding carboxylic acids is 2. The van der Waals surface area contributed by atoms with Crippen molar-refractivity contribution in [1.82, 2.24) is 4.90 Å². The van der Waals surface area contributed by atoms with Crippen LogP contribution >= 0.6 is 0 Å². The van der Waals surface area contributed by atoms with E-state index >= 15 is 0 Å². The van der Waals surface area contributed by atoms with Gasteiger partial charge in [0.2, 0.25) is 0 Å². The zero-order chi connectivity index (χ0) is 18.7. The number of halogens is 2. The second kappa shape index (κ2) is 7.14. The second-order valence-corrected chi connectivity index (χ2v) is 6.23. The minimum absolute atomic E-state index is 0.0528. The number of rotatable bonds is 3. The molecule has 0 aromatic carbocycles. The summed E-state index contributed by atoms with van der Waals surface area (Å²) in [6, 6.07) is 0. The summed E-state index contributed by atoms with van der Waals surface area (Å²) in [5.41, 5.74) is 3.31. The zero-order valence-electron chi connectivity index (χ0n) is 14.5. The van der Waals surface area contributed by atoms with E-state index < -0.39 is 35.8 Å². The summed E-state index contributed by atoms with van der Waals surface area (Å²) in [6.07, 6.45) is -0.925. The van der Waals surface area contributed by atoms with Crippen LogP contribution in [0.15, 0.2) is 16.3 Å². The van der Waals surface area contributed by atoms with Gasteiger partial charge in [-0.3, -0.25) is 9.89 Å². The fourth-order valence-corrected chi connectivity index (χ4v) is 2.08. The fourth-order valence-electron chi connectivity index (χ4n) is 2.08. The molecule has 0 aromatic heterocycles. The molecule has 0 unspecified atom stereocenters. The largest absolute Gasteiger partial charge is 0.461 e. The number of nitrogens with zero attached hydrogens (tertiary/aromatic N) is 2. The highest BCUT2D eigenvalue weighted by atomic mass is 19.3. The summed E-state index contributed by atoms with van der Waals surface area (Å²) < 4.78 is 38.3. The number of hydrogen-bond acceptors (Lipinski definition) is 6. The summed E-state index contributed by atoms with van der Waals surface area (Å²) >= 11 is 0. The molecule has 0 saturated heterocycles. The minimum atomic E-state index is -3.51. The number of amides is 1. The standard InChI is InChI=1S/C15H23F2N3O4/c1-6-23-12(21)10(19-5)9-7-20(8-15(16,17)11(9)18)13(22)24-14(2,3)4/h6-8,18H2,1-5H3. The summed E-state index contributed by atoms with van der Waals surface area (Å²) in [5.74, 6) is -4.38. The average Bonchev–Trinajstić information content (AvgIpc) is 2.42. The Hall–Kier alpha value is -2.19. The van der Waals surface area contributed by atoms with Crippen molar-refractivity contribution < 1.29 is 27.8 Å². The van der Waals surface area contributed by atoms with Crippen molar-refractivity contribution in [3.05, 3.63) is 11.3 Å². The summed E-state index contributed by atoms with van der Waals surface area (Å²) in [6.45, 7) is 5.24. The predicted octanol–water partition coefficient (Wildman–Crippen LogP) is 1.72. The van der Waals surface area contributed by atoms with Crippen LogP contribution in [0.2, 0.25) is 0 Å². The highest BCUT2D eigenvalue weighted by molar-refractivity contribution is 6.43. The lowest BCUT2D eigenvalue weighted by Gasteiger charge is -2.35. The van der Waals surface area contributed by atoms with E-state index in [2.05, 4.69) is 4.99 Å². The molecule has 0 fully saturated rings. The maximum Gasteiger partial charge on any atom is 0.410 e. The number of aliphatic imine (C=N–C) groups is 1. The van der Waals surface area contributed by atoms with Gasteiger partial charge in [0.1, 0.15) is 11.3 Å². The third-order valence-electron chi connectivity index (χ3n) is 3.09. The first-order valence-corrected chi connectivity index (χ1v) is 7.42. The minimum Gasteiger partial charge on any atom is -0.461 e. The van der Waals surface area contributed by atoms with Gasteiger partial charge in [-0.15, -0.1) is 0 Å². The summed E-state index contributed by atoms with van der Waals surface area (Å²) in [4.78, 5) is 28.5. The molecule has 0 bridgehead atoms. The van der Waals surface area contributed by atoms with Gasteiger partial charge in [0, 0.05) is 12.6 Å². The smallest absolute Gasteiger partial charge is 0.410 e. The van der Waals surface area contributed by atoms with Gasteiger partial charge in [0.25, 0.3) is 0 Å². The molecule has 1 rings (SSSR count). The van der Waals surface area contributed by atoms with Crippen LogP contribution < -0.4 is 5.73 Å². The van der Waals surface area contributed by atoms with E-state index in [-0.39, 0.29) is 24.4 Å². The fraction of sp³-hybridized carbons (Fsp3) is 0.667. The third kappa shape index (κ3) is 4.65. The number of esters is 1. The molecule has 0 saturated carbocycles. The van der Waals surface area contributed by atoms with E-state index in [4.69, 9.17) is 15.2 Å². The van der Waals surface area contributed by atoms with Gasteiger partial charge < -0.3 is 15.2 Å². The Morgan fingerprint density at radius 2 is 1.96 bits per heavy atom. The van der Waals surface area contributed by atoms with Crippen LogP contribution in [-0.4, -0.2) is 60.9 Å². The first-order chi connectivity index (χ1) is 10.9. The van der Waals surface area contributed by atoms with Crippen molar-refractivity contribution in [1.29, 1.82) is 0 Å². The van der Waals surface area contributed by atoms with Crippen molar-refractivity contribution in [2.24, 2.45) is 10.7 Å². The van der Waals surface area contributed by atoms with Gasteiger partial charge in [0.05, 0.1) is 25.4 Å². The zero-order valence-corrected chi connectivity index (χ0v) is 14.5. The third-order valence-corrected chi connectivity index (χ3v) is 3.09. The molecule has 0 radical (unpaired) electrons. The molecule has 0 atom stereocenters. The topological polar surface area (TPSA) is 94.2 Å². The molecule has 2 N–H and O–H groups in total. The van der Waals surface area contributed by atoms with E-state index in [1.54, 1.807) is 27.7 Å². The van der Waals surface area contributed by atoms with Gasteiger partial charge in [-0.1, -0.05) is 0 Å². The molecule has 0 aliphatic carbocycles. The van der Waals surface area contributed by atoms with Gasteiger partial charge in [-0.2, -0.15) is 8.78 Å². The van der Waals surface area contributed by atoms with Gasteiger partial charge >= 0.3 is 18.0 Å². The van der Waals surface area contributed by atoms with Crippen molar-refractivity contribution in [2.45, 2.75) is 39.2 Å². The molecule has 0 spiro atoms. The van der Waals surface area contributed by atoms with E-state index in [1.807, 2.05) is 0 Å². The van der Waals surface area contributed by atoms with Crippen LogP contribution in [0.3, 0.4) is 0 Å². The monoisotopic (exact) mass is 347 g/mol. The highest BCUT2D eigenvalue weighted by Crippen LogP contribution is 2.31. The van der Waals surface area contributed by atoms with Crippen LogP contribution in [0.25, 0.3) is 0 Å². The number of carbonyl (C=O) groups is 2. The molecule has 1 heterocycles. The van der Waals surface area contributed by atoms with Crippen LogP contribution in [0, 0.1) is 0 Å². The first kappa shape index (κ1) is 19.9. The number of nitrogens with two attached hydrogens (primary N) is 1. The van der Waals surface area contributed by atoms with Crippen molar-refractivity contribution >= 4 is 17.8 Å². The molecule has 0 aromatic rings. The lowest BCUT2D eigenvalue weighted by Crippen LogP contribution is -2.52. The normalized spacial score (nSPS) is 18.5. The molecular formula is C15H23F2N3O4. The lowest BCUT2D eigenvalue weighted by molar-refractivity contribution is -0.135. The predicted molar refractivity (Wildman–Crippen MR) is 84.0 cm³/mol. The maximum atomic E-state index is 14.2. The van der Waals surface area contributed by atoms with E-state index in [0.29, 0.717) is 0 Å². The Bertz CT molecular complexity index is 580. The summed E-state index contributed by atoms with van der Waals surface area (Å²) in [7, 11) is 1.26. The van der Waals surface area contributed by atoms with Crippen LogP contribution in [0.4, 0.5) is 13.6 Å². The van der Waals surface area contributed by atoms with Crippen LogP contribution in [0.1, 0.15) is 27.7 Å². The number of alkyl halides is 2. The van der Waals surface area contributed by atoms with Crippen molar-refractivity contribution in [3.63, 3.8) is 0 Å². The Labute approximate surface area is 139 Å². The quantitative estimate of drug-likeness (QED) is 0.620. The van der Waals surface area contributed by atoms with Crippen molar-refractivity contribution in [3.8, 4) is 0 Å². The molecule has 7 nitrogen and oxygen atoms in total. The number of hydrogen-bond donors (Lipinski definition) is 1. The molecular weight excluding hydrogens is 324 g/mol. The van der Waals surface area contributed by atoms with Gasteiger partial charge in [-0.05, 0) is 27.7 Å². The molecule has 1 amide bonds. The molecule has 24 heavy (non-hydrogen) atoms.